The van der Waals surface area contributed by atoms with Gasteiger partial charge in [-0.2, -0.15) is 0 Å². The SMILES string of the molecule is CC(C)(C)OC(=O)N1CCC(COCc2ccncc2)C1. The zero-order valence-corrected chi connectivity index (χ0v) is 13.0. The first-order valence-electron chi connectivity index (χ1n) is 7.38. The third-order valence-corrected chi connectivity index (χ3v) is 3.31. The van der Waals surface area contributed by atoms with Crippen LogP contribution in [0.15, 0.2) is 24.5 Å². The van der Waals surface area contributed by atoms with Gasteiger partial charge >= 0.3 is 6.09 Å². The molecular formula is C16H24N2O3. The van der Waals surface area contributed by atoms with Crippen molar-refractivity contribution >= 4 is 6.09 Å². The molecule has 1 aromatic heterocycles. The van der Waals surface area contributed by atoms with Gasteiger partial charge in [0.25, 0.3) is 0 Å². The number of pyridine rings is 1. The summed E-state index contributed by atoms with van der Waals surface area (Å²) in [4.78, 5) is 17.7. The van der Waals surface area contributed by atoms with Gasteiger partial charge in [0.15, 0.2) is 0 Å². The first-order valence-corrected chi connectivity index (χ1v) is 7.38. The van der Waals surface area contributed by atoms with Crippen LogP contribution in [0.25, 0.3) is 0 Å². The predicted molar refractivity (Wildman–Crippen MR) is 79.8 cm³/mol. The molecule has 0 N–H and O–H groups in total. The van der Waals surface area contributed by atoms with Gasteiger partial charge in [-0.3, -0.25) is 4.98 Å². The number of nitrogens with zero attached hydrogens (tertiary/aromatic N) is 2. The summed E-state index contributed by atoms with van der Waals surface area (Å²) in [5.74, 6) is 0.388. The number of hydrogen-bond donors (Lipinski definition) is 0. The van der Waals surface area contributed by atoms with Gasteiger partial charge in [-0.1, -0.05) is 0 Å². The Balaban J connectivity index is 1.69. The smallest absolute Gasteiger partial charge is 0.410 e. The van der Waals surface area contributed by atoms with E-state index in [9.17, 15) is 4.79 Å². The number of carbonyl (C=O) groups is 1. The quantitative estimate of drug-likeness (QED) is 0.856. The van der Waals surface area contributed by atoms with Crippen molar-refractivity contribution in [2.24, 2.45) is 5.92 Å². The maximum absolute atomic E-state index is 12.0. The molecule has 0 radical (unpaired) electrons. The zero-order valence-electron chi connectivity index (χ0n) is 13.0. The molecule has 5 nitrogen and oxygen atoms in total. The summed E-state index contributed by atoms with van der Waals surface area (Å²) < 4.78 is 11.1. The van der Waals surface area contributed by atoms with E-state index in [-0.39, 0.29) is 6.09 Å². The van der Waals surface area contributed by atoms with Crippen LogP contribution in [0.5, 0.6) is 0 Å². The number of likely N-dealkylation sites (tertiary alicyclic amines) is 1. The molecule has 0 bridgehead atoms. The van der Waals surface area contributed by atoms with Crippen LogP contribution in [-0.2, 0) is 16.1 Å². The van der Waals surface area contributed by atoms with E-state index in [1.165, 1.54) is 0 Å². The van der Waals surface area contributed by atoms with Gasteiger partial charge in [0.2, 0.25) is 0 Å². The van der Waals surface area contributed by atoms with Crippen LogP contribution in [0.4, 0.5) is 4.79 Å². The molecule has 5 heteroatoms. The second-order valence-corrected chi connectivity index (χ2v) is 6.45. The van der Waals surface area contributed by atoms with Crippen molar-refractivity contribution in [2.75, 3.05) is 19.7 Å². The van der Waals surface area contributed by atoms with E-state index in [4.69, 9.17) is 9.47 Å². The highest BCUT2D eigenvalue weighted by atomic mass is 16.6. The third kappa shape index (κ3) is 5.34. The highest BCUT2D eigenvalue weighted by Crippen LogP contribution is 2.20. The Morgan fingerprint density at radius 1 is 1.38 bits per heavy atom. The van der Waals surface area contributed by atoms with Crippen molar-refractivity contribution in [1.29, 1.82) is 0 Å². The van der Waals surface area contributed by atoms with Gasteiger partial charge in [0.1, 0.15) is 5.60 Å². The Hall–Kier alpha value is -1.62. The molecule has 1 amide bonds. The van der Waals surface area contributed by atoms with Gasteiger partial charge in [-0.15, -0.1) is 0 Å². The van der Waals surface area contributed by atoms with E-state index in [1.807, 2.05) is 32.9 Å². The molecule has 0 aromatic carbocycles. The van der Waals surface area contributed by atoms with Crippen LogP contribution >= 0.6 is 0 Å². The molecule has 1 unspecified atom stereocenters. The first kappa shape index (κ1) is 15.8. The van der Waals surface area contributed by atoms with Crippen molar-refractivity contribution in [3.63, 3.8) is 0 Å². The van der Waals surface area contributed by atoms with Crippen molar-refractivity contribution < 1.29 is 14.3 Å². The van der Waals surface area contributed by atoms with E-state index in [0.717, 1.165) is 18.5 Å². The Bertz CT molecular complexity index is 456. The summed E-state index contributed by atoms with van der Waals surface area (Å²) in [6, 6.07) is 3.89. The van der Waals surface area contributed by atoms with Gasteiger partial charge in [-0.05, 0) is 44.9 Å². The molecule has 0 aliphatic carbocycles. The molecule has 1 atom stereocenters. The number of hydrogen-bond acceptors (Lipinski definition) is 4. The molecule has 116 valence electrons. The molecule has 2 heterocycles. The maximum Gasteiger partial charge on any atom is 0.410 e. The number of amides is 1. The summed E-state index contributed by atoms with van der Waals surface area (Å²) in [5.41, 5.74) is 0.680. The molecule has 2 rings (SSSR count). The summed E-state index contributed by atoms with van der Waals surface area (Å²) in [6.45, 7) is 8.37. The fourth-order valence-corrected chi connectivity index (χ4v) is 2.28. The second kappa shape index (κ2) is 6.89. The van der Waals surface area contributed by atoms with Crippen LogP contribution in [-0.4, -0.2) is 41.3 Å². The third-order valence-electron chi connectivity index (χ3n) is 3.31. The minimum Gasteiger partial charge on any atom is -0.444 e. The average Bonchev–Trinajstić information content (AvgIpc) is 2.87. The summed E-state index contributed by atoms with van der Waals surface area (Å²) >= 11 is 0. The van der Waals surface area contributed by atoms with Gasteiger partial charge in [-0.25, -0.2) is 4.79 Å². The lowest BCUT2D eigenvalue weighted by Crippen LogP contribution is -2.35. The molecule has 1 aliphatic heterocycles. The number of aromatic nitrogens is 1. The van der Waals surface area contributed by atoms with Crippen LogP contribution < -0.4 is 0 Å². The number of ether oxygens (including phenoxy) is 2. The molecule has 0 saturated carbocycles. The highest BCUT2D eigenvalue weighted by Gasteiger charge is 2.29. The van der Waals surface area contributed by atoms with E-state index >= 15 is 0 Å². The highest BCUT2D eigenvalue weighted by molar-refractivity contribution is 5.68. The average molecular weight is 292 g/mol. The molecule has 1 aliphatic rings. The van der Waals surface area contributed by atoms with E-state index in [2.05, 4.69) is 4.98 Å². The molecule has 1 aromatic rings. The van der Waals surface area contributed by atoms with Gasteiger partial charge in [0.05, 0.1) is 13.2 Å². The fraction of sp³-hybridized carbons (Fsp3) is 0.625. The summed E-state index contributed by atoms with van der Waals surface area (Å²) in [7, 11) is 0. The topological polar surface area (TPSA) is 51.7 Å². The van der Waals surface area contributed by atoms with Crippen molar-refractivity contribution in [1.82, 2.24) is 9.88 Å². The normalized spacial score (nSPS) is 18.8. The summed E-state index contributed by atoms with van der Waals surface area (Å²) in [5, 5.41) is 0. The van der Waals surface area contributed by atoms with Crippen molar-refractivity contribution in [2.45, 2.75) is 39.4 Å². The molecule has 21 heavy (non-hydrogen) atoms. The lowest BCUT2D eigenvalue weighted by Gasteiger charge is -2.24. The Morgan fingerprint density at radius 3 is 2.76 bits per heavy atom. The van der Waals surface area contributed by atoms with E-state index in [1.54, 1.807) is 17.3 Å². The Labute approximate surface area is 126 Å². The molecular weight excluding hydrogens is 268 g/mol. The Morgan fingerprint density at radius 2 is 2.10 bits per heavy atom. The molecule has 0 spiro atoms. The van der Waals surface area contributed by atoms with Crippen LogP contribution in [0.2, 0.25) is 0 Å². The number of carbonyl (C=O) groups excluding carboxylic acids is 1. The minimum absolute atomic E-state index is 0.223. The van der Waals surface area contributed by atoms with Gasteiger partial charge < -0.3 is 14.4 Å². The van der Waals surface area contributed by atoms with E-state index in [0.29, 0.717) is 25.7 Å². The van der Waals surface area contributed by atoms with Crippen molar-refractivity contribution in [3.05, 3.63) is 30.1 Å². The first-order chi connectivity index (χ1) is 9.94. The monoisotopic (exact) mass is 292 g/mol. The van der Waals surface area contributed by atoms with Crippen LogP contribution in [0.1, 0.15) is 32.8 Å². The zero-order chi connectivity index (χ0) is 15.3. The lowest BCUT2D eigenvalue weighted by atomic mass is 10.1. The van der Waals surface area contributed by atoms with Crippen LogP contribution in [0, 0.1) is 5.92 Å². The molecule has 1 saturated heterocycles. The fourth-order valence-electron chi connectivity index (χ4n) is 2.28. The largest absolute Gasteiger partial charge is 0.444 e. The predicted octanol–water partition coefficient (Wildman–Crippen LogP) is 2.86. The molecule has 1 fully saturated rings. The second-order valence-electron chi connectivity index (χ2n) is 6.45. The van der Waals surface area contributed by atoms with Crippen molar-refractivity contribution in [3.8, 4) is 0 Å². The maximum atomic E-state index is 12.0. The van der Waals surface area contributed by atoms with E-state index < -0.39 is 5.60 Å². The van der Waals surface area contributed by atoms with Gasteiger partial charge in [0, 0.05) is 31.4 Å². The Kier molecular flexibility index (Phi) is 5.17. The number of rotatable bonds is 4. The minimum atomic E-state index is -0.437. The van der Waals surface area contributed by atoms with Crippen LogP contribution in [0.3, 0.4) is 0 Å². The summed E-state index contributed by atoms with van der Waals surface area (Å²) in [6.07, 6.45) is 4.27. The lowest BCUT2D eigenvalue weighted by molar-refractivity contribution is 0.0271. The standard InChI is InChI=1S/C16H24N2O3/c1-16(2,3)21-15(19)18-9-6-14(10-18)12-20-11-13-4-7-17-8-5-13/h4-5,7-8,14H,6,9-12H2,1-3H3.